The fourth-order valence-electron chi connectivity index (χ4n) is 9.43. The summed E-state index contributed by atoms with van der Waals surface area (Å²) in [6, 6.07) is 61.2. The lowest BCUT2D eigenvalue weighted by Gasteiger charge is -2.11. The third kappa shape index (κ3) is 4.90. The first kappa shape index (κ1) is 33.3. The average molecular weight is 757 g/mol. The Kier molecular flexibility index (Phi) is 7.26. The Bertz CT molecular complexity index is 3690. The van der Waals surface area contributed by atoms with Gasteiger partial charge in [0.1, 0.15) is 22.5 Å². The molecule has 0 aliphatic heterocycles. The largest absolute Gasteiger partial charge is 0.456 e. The number of allylic oxidation sites excluding steroid dienone is 1. The number of fused-ring (bicyclic) bond motifs is 11. The average Bonchev–Trinajstić information content (AvgIpc) is 4.04. The zero-order chi connectivity index (χ0) is 39.2. The second-order valence-corrected chi connectivity index (χ2v) is 15.2. The number of hydrogen-bond acceptors (Lipinski definition) is 2. The predicted octanol–water partition coefficient (Wildman–Crippen LogP) is 15.5. The molecule has 59 heavy (non-hydrogen) atoms. The SMILES string of the molecule is C=Cc1oc2ccc3c4cc(-c5ccc6c(c5)c5ccccc5n6-c5ccccc5)cc(-c5ccc6c(c5)c5ccccc5n6-c5ccccc5)c4oc3c2c1/C=C\C. The highest BCUT2D eigenvalue weighted by atomic mass is 16.3. The van der Waals surface area contributed by atoms with Crippen molar-refractivity contribution in [1.82, 2.24) is 9.13 Å². The van der Waals surface area contributed by atoms with Crippen LogP contribution in [0.25, 0.3) is 122 Å². The minimum Gasteiger partial charge on any atom is -0.456 e. The molecule has 278 valence electrons. The van der Waals surface area contributed by atoms with Crippen molar-refractivity contribution in [3.8, 4) is 33.6 Å². The molecule has 0 radical (unpaired) electrons. The fourth-order valence-corrected chi connectivity index (χ4v) is 9.43. The van der Waals surface area contributed by atoms with E-state index in [1.54, 1.807) is 6.08 Å². The van der Waals surface area contributed by atoms with Crippen molar-refractivity contribution in [1.29, 1.82) is 0 Å². The van der Waals surface area contributed by atoms with E-state index in [0.29, 0.717) is 0 Å². The number of rotatable bonds is 6. The molecule has 4 aromatic heterocycles. The van der Waals surface area contributed by atoms with E-state index in [-0.39, 0.29) is 0 Å². The summed E-state index contributed by atoms with van der Waals surface area (Å²) >= 11 is 0. The molecule has 12 rings (SSSR count). The van der Waals surface area contributed by atoms with E-state index in [4.69, 9.17) is 8.83 Å². The minimum atomic E-state index is 0.732. The van der Waals surface area contributed by atoms with Crippen LogP contribution in [0.4, 0.5) is 0 Å². The van der Waals surface area contributed by atoms with E-state index >= 15 is 0 Å². The Balaban J connectivity index is 1.15. The number of furan rings is 2. The monoisotopic (exact) mass is 756 g/mol. The van der Waals surface area contributed by atoms with Crippen molar-refractivity contribution < 1.29 is 8.83 Å². The summed E-state index contributed by atoms with van der Waals surface area (Å²) in [7, 11) is 0. The lowest BCUT2D eigenvalue weighted by Crippen LogP contribution is -1.93. The van der Waals surface area contributed by atoms with Gasteiger partial charge in [-0.1, -0.05) is 104 Å². The Hall–Kier alpha value is -7.82. The Morgan fingerprint density at radius 3 is 1.64 bits per heavy atom. The normalized spacial score (nSPS) is 12.2. The van der Waals surface area contributed by atoms with Crippen LogP contribution in [0.2, 0.25) is 0 Å². The van der Waals surface area contributed by atoms with E-state index in [1.165, 1.54) is 38.1 Å². The smallest absolute Gasteiger partial charge is 0.147 e. The first-order valence-corrected chi connectivity index (χ1v) is 20.1. The Morgan fingerprint density at radius 2 is 1.02 bits per heavy atom. The van der Waals surface area contributed by atoms with E-state index in [9.17, 15) is 0 Å². The molecule has 0 atom stereocenters. The minimum absolute atomic E-state index is 0.732. The molecule has 0 saturated heterocycles. The zero-order valence-corrected chi connectivity index (χ0v) is 32.3. The van der Waals surface area contributed by atoms with Gasteiger partial charge in [0.25, 0.3) is 0 Å². The van der Waals surface area contributed by atoms with Gasteiger partial charge in [-0.05, 0) is 115 Å². The molecule has 0 amide bonds. The van der Waals surface area contributed by atoms with Crippen molar-refractivity contribution in [2.24, 2.45) is 0 Å². The third-order valence-corrected chi connectivity index (χ3v) is 12.0. The molecule has 0 spiro atoms. The standard InChI is InChI=1S/C55H36N2O2/c1-3-15-42-51(4-2)58-52-29-26-41-46-33-36(34-24-27-49-44(30-34)39-20-11-13-22-47(39)56(49)37-16-7-5-8-17-37)32-43(54(46)59-55(41)53(42)52)35-25-28-50-45(31-35)40-21-12-14-23-48(40)57(50)38-18-9-6-10-19-38/h3-33H,2H2,1H3/b15-3-. The van der Waals surface area contributed by atoms with Crippen LogP contribution in [0.15, 0.2) is 191 Å². The quantitative estimate of drug-likeness (QED) is 0.169. The number of aromatic nitrogens is 2. The highest BCUT2D eigenvalue weighted by Crippen LogP contribution is 2.45. The van der Waals surface area contributed by atoms with Crippen LogP contribution in [0, 0.1) is 0 Å². The second-order valence-electron chi connectivity index (χ2n) is 15.2. The van der Waals surface area contributed by atoms with Gasteiger partial charge in [0, 0.05) is 54.8 Å². The summed E-state index contributed by atoms with van der Waals surface area (Å²) in [6.45, 7) is 6.08. The van der Waals surface area contributed by atoms with Crippen molar-refractivity contribution in [2.75, 3.05) is 0 Å². The van der Waals surface area contributed by atoms with Crippen molar-refractivity contribution in [3.05, 3.63) is 194 Å². The highest BCUT2D eigenvalue weighted by Gasteiger charge is 2.22. The maximum absolute atomic E-state index is 7.10. The third-order valence-electron chi connectivity index (χ3n) is 12.0. The van der Waals surface area contributed by atoms with Gasteiger partial charge in [0.15, 0.2) is 0 Å². The molecule has 0 N–H and O–H groups in total. The molecule has 4 heterocycles. The summed E-state index contributed by atoms with van der Waals surface area (Å²) in [4.78, 5) is 0. The molecule has 0 aliphatic carbocycles. The highest BCUT2D eigenvalue weighted by molar-refractivity contribution is 6.20. The lowest BCUT2D eigenvalue weighted by molar-refractivity contribution is 0.603. The van der Waals surface area contributed by atoms with Gasteiger partial charge in [0.2, 0.25) is 0 Å². The van der Waals surface area contributed by atoms with Gasteiger partial charge < -0.3 is 18.0 Å². The van der Waals surface area contributed by atoms with E-state index in [2.05, 4.69) is 192 Å². The maximum atomic E-state index is 7.10. The van der Waals surface area contributed by atoms with Gasteiger partial charge >= 0.3 is 0 Å². The van der Waals surface area contributed by atoms with E-state index in [1.807, 2.05) is 13.0 Å². The molecule has 8 aromatic carbocycles. The molecule has 12 aromatic rings. The molecule has 4 nitrogen and oxygen atoms in total. The van der Waals surface area contributed by atoms with Crippen LogP contribution in [-0.2, 0) is 0 Å². The topological polar surface area (TPSA) is 36.1 Å². The molecule has 0 saturated carbocycles. The summed E-state index contributed by atoms with van der Waals surface area (Å²) < 4.78 is 18.1. The van der Waals surface area contributed by atoms with E-state index < -0.39 is 0 Å². The summed E-state index contributed by atoms with van der Waals surface area (Å²) in [5.41, 5.74) is 14.8. The number of nitrogens with zero attached hydrogens (tertiary/aromatic N) is 2. The van der Waals surface area contributed by atoms with Crippen LogP contribution >= 0.6 is 0 Å². The summed E-state index contributed by atoms with van der Waals surface area (Å²) in [6.07, 6.45) is 5.90. The zero-order valence-electron chi connectivity index (χ0n) is 32.3. The molecular weight excluding hydrogens is 721 g/mol. The fraction of sp³-hybridized carbons (Fsp3) is 0.0182. The van der Waals surface area contributed by atoms with Crippen LogP contribution in [0.1, 0.15) is 18.2 Å². The molecule has 0 unspecified atom stereocenters. The van der Waals surface area contributed by atoms with Crippen LogP contribution in [0.5, 0.6) is 0 Å². The van der Waals surface area contributed by atoms with Crippen molar-refractivity contribution in [3.63, 3.8) is 0 Å². The molecular formula is C55H36N2O2. The summed E-state index contributed by atoms with van der Waals surface area (Å²) in [5.74, 6) is 0.732. The predicted molar refractivity (Wildman–Crippen MR) is 248 cm³/mol. The van der Waals surface area contributed by atoms with Gasteiger partial charge in [-0.3, -0.25) is 0 Å². The van der Waals surface area contributed by atoms with Gasteiger partial charge in [-0.15, -0.1) is 0 Å². The van der Waals surface area contributed by atoms with Crippen LogP contribution < -0.4 is 0 Å². The summed E-state index contributed by atoms with van der Waals surface area (Å²) in [5, 5.41) is 7.88. The number of benzene rings is 8. The lowest BCUT2D eigenvalue weighted by atomic mass is 9.94. The number of para-hydroxylation sites is 4. The Labute approximate surface area is 339 Å². The first-order valence-electron chi connectivity index (χ1n) is 20.1. The van der Waals surface area contributed by atoms with Crippen LogP contribution in [0.3, 0.4) is 0 Å². The Morgan fingerprint density at radius 1 is 0.458 bits per heavy atom. The van der Waals surface area contributed by atoms with Crippen molar-refractivity contribution >= 4 is 88.7 Å². The molecule has 0 bridgehead atoms. The van der Waals surface area contributed by atoms with Gasteiger partial charge in [-0.25, -0.2) is 0 Å². The second kappa shape index (κ2) is 12.9. The van der Waals surface area contributed by atoms with E-state index in [0.717, 1.165) is 83.4 Å². The van der Waals surface area contributed by atoms with Crippen LogP contribution in [-0.4, -0.2) is 9.13 Å². The van der Waals surface area contributed by atoms with Gasteiger partial charge in [-0.2, -0.15) is 0 Å². The number of hydrogen-bond donors (Lipinski definition) is 0. The molecule has 4 heteroatoms. The molecule has 0 fully saturated rings. The van der Waals surface area contributed by atoms with Gasteiger partial charge in [0.05, 0.1) is 27.5 Å². The molecule has 0 aliphatic rings. The van der Waals surface area contributed by atoms with Crippen molar-refractivity contribution in [2.45, 2.75) is 6.92 Å². The first-order chi connectivity index (χ1) is 29.2. The maximum Gasteiger partial charge on any atom is 0.147 e.